The van der Waals surface area contributed by atoms with Gasteiger partial charge in [0.05, 0.1) is 19.8 Å². The fourth-order valence-corrected chi connectivity index (χ4v) is 1.40. The third-order valence-electron chi connectivity index (χ3n) is 2.33. The van der Waals surface area contributed by atoms with Gasteiger partial charge in [-0.2, -0.15) is 0 Å². The Balaban J connectivity index is 4.30. The molecule has 0 aliphatic carbocycles. The molecule has 108 valence electrons. The van der Waals surface area contributed by atoms with Crippen LogP contribution in [0, 0.1) is 0 Å². The van der Waals surface area contributed by atoms with Crippen molar-refractivity contribution in [2.45, 2.75) is 6.42 Å². The highest BCUT2D eigenvalue weighted by Crippen LogP contribution is 1.94. The lowest BCUT2D eigenvalue weighted by atomic mass is 10.4. The van der Waals surface area contributed by atoms with Gasteiger partial charge in [-0.05, 0) is 6.42 Å². The van der Waals surface area contributed by atoms with Crippen LogP contribution in [-0.2, 0) is 14.2 Å². The van der Waals surface area contributed by atoms with Crippen LogP contribution in [0.3, 0.4) is 0 Å². The molecule has 0 aromatic carbocycles. The van der Waals surface area contributed by atoms with Crippen LogP contribution in [0.1, 0.15) is 6.42 Å². The van der Waals surface area contributed by atoms with Crippen molar-refractivity contribution in [2.75, 3.05) is 60.8 Å². The molecule has 18 heavy (non-hydrogen) atoms. The first-order valence-electron chi connectivity index (χ1n) is 6.03. The predicted molar refractivity (Wildman–Crippen MR) is 71.4 cm³/mol. The average molecular weight is 262 g/mol. The quantitative estimate of drug-likeness (QED) is 0.180. The minimum atomic E-state index is 0.571. The lowest BCUT2D eigenvalue weighted by molar-refractivity contribution is 0.159. The summed E-state index contributed by atoms with van der Waals surface area (Å²) in [5, 5.41) is 0. The number of methoxy groups -OCH3 is 3. The van der Waals surface area contributed by atoms with Crippen molar-refractivity contribution in [3.8, 4) is 0 Å². The Morgan fingerprint density at radius 3 is 2.28 bits per heavy atom. The molecule has 0 amide bonds. The van der Waals surface area contributed by atoms with Gasteiger partial charge in [-0.1, -0.05) is 0 Å². The van der Waals surface area contributed by atoms with Gasteiger partial charge >= 0.3 is 0 Å². The number of rotatable bonds is 10. The van der Waals surface area contributed by atoms with Gasteiger partial charge in [0.2, 0.25) is 5.96 Å². The van der Waals surface area contributed by atoms with Crippen LogP contribution in [0.5, 0.6) is 0 Å². The van der Waals surface area contributed by atoms with Crippen molar-refractivity contribution in [1.29, 1.82) is 0 Å². The van der Waals surface area contributed by atoms with Crippen LogP contribution in [-0.4, -0.2) is 71.6 Å². The third-order valence-corrected chi connectivity index (χ3v) is 2.33. The van der Waals surface area contributed by atoms with Gasteiger partial charge in [0.25, 0.3) is 0 Å². The molecule has 0 fully saturated rings. The molecule has 0 saturated heterocycles. The number of hydrogen-bond donors (Lipinski definition) is 2. The number of hydrazine groups is 1. The molecule has 0 heterocycles. The van der Waals surface area contributed by atoms with Crippen LogP contribution >= 0.6 is 0 Å². The van der Waals surface area contributed by atoms with Gasteiger partial charge in [-0.25, -0.2) is 10.8 Å². The maximum atomic E-state index is 5.50. The zero-order valence-corrected chi connectivity index (χ0v) is 11.6. The summed E-state index contributed by atoms with van der Waals surface area (Å²) in [7, 11) is 5.01. The first-order chi connectivity index (χ1) is 8.79. The van der Waals surface area contributed by atoms with E-state index in [1.807, 2.05) is 4.90 Å². The van der Waals surface area contributed by atoms with E-state index in [9.17, 15) is 0 Å². The van der Waals surface area contributed by atoms with Gasteiger partial charge < -0.3 is 19.1 Å². The highest BCUT2D eigenvalue weighted by molar-refractivity contribution is 5.79. The Hall–Kier alpha value is -0.890. The van der Waals surface area contributed by atoms with E-state index in [0.717, 1.165) is 19.5 Å². The van der Waals surface area contributed by atoms with Crippen molar-refractivity contribution < 1.29 is 14.2 Å². The van der Waals surface area contributed by atoms with E-state index in [4.69, 9.17) is 20.1 Å². The number of nitrogens with zero attached hydrogens (tertiary/aromatic N) is 2. The second-order valence-corrected chi connectivity index (χ2v) is 3.67. The summed E-state index contributed by atoms with van der Waals surface area (Å²) in [6.07, 6.45) is 0.908. The summed E-state index contributed by atoms with van der Waals surface area (Å²) in [6.45, 7) is 4.02. The summed E-state index contributed by atoms with van der Waals surface area (Å²) in [4.78, 5) is 6.39. The molecular formula is C11H26N4O3. The number of aliphatic imine (C=N–C) groups is 1. The van der Waals surface area contributed by atoms with E-state index in [-0.39, 0.29) is 0 Å². The zero-order valence-electron chi connectivity index (χ0n) is 11.6. The first-order valence-corrected chi connectivity index (χ1v) is 6.03. The molecule has 3 N–H and O–H groups in total. The minimum absolute atomic E-state index is 0.571. The summed E-state index contributed by atoms with van der Waals surface area (Å²) >= 11 is 0. The van der Waals surface area contributed by atoms with Gasteiger partial charge in [0.1, 0.15) is 0 Å². The second-order valence-electron chi connectivity index (χ2n) is 3.67. The van der Waals surface area contributed by atoms with Crippen molar-refractivity contribution in [3.63, 3.8) is 0 Å². The summed E-state index contributed by atoms with van der Waals surface area (Å²) < 4.78 is 15.1. The van der Waals surface area contributed by atoms with Crippen LogP contribution in [0.4, 0.5) is 0 Å². The van der Waals surface area contributed by atoms with E-state index in [1.165, 1.54) is 0 Å². The van der Waals surface area contributed by atoms with Crippen LogP contribution in [0.2, 0.25) is 0 Å². The molecule has 0 aliphatic rings. The normalized spacial score (nSPS) is 11.7. The molecule has 0 atom stereocenters. The van der Waals surface area contributed by atoms with Gasteiger partial charge in [-0.3, -0.25) is 5.43 Å². The molecule has 0 unspecified atom stereocenters. The molecule has 7 heteroatoms. The van der Waals surface area contributed by atoms with Crippen molar-refractivity contribution in [3.05, 3.63) is 0 Å². The number of ether oxygens (including phenoxy) is 3. The molecule has 7 nitrogen and oxygen atoms in total. The van der Waals surface area contributed by atoms with E-state index in [0.29, 0.717) is 32.3 Å². The lowest BCUT2D eigenvalue weighted by Crippen LogP contribution is -2.47. The molecule has 0 aromatic heterocycles. The Bertz CT molecular complexity index is 214. The summed E-state index contributed by atoms with van der Waals surface area (Å²) in [5.41, 5.74) is 2.62. The minimum Gasteiger partial charge on any atom is -0.385 e. The summed E-state index contributed by atoms with van der Waals surface area (Å²) in [5.74, 6) is 6.15. The fourth-order valence-electron chi connectivity index (χ4n) is 1.40. The molecular weight excluding hydrogens is 236 g/mol. The maximum absolute atomic E-state index is 5.50. The molecule has 0 aromatic rings. The lowest BCUT2D eigenvalue weighted by Gasteiger charge is -2.25. The Labute approximate surface area is 109 Å². The molecule has 0 radical (unpaired) electrons. The Morgan fingerprint density at radius 1 is 1.06 bits per heavy atom. The largest absolute Gasteiger partial charge is 0.385 e. The van der Waals surface area contributed by atoms with Gasteiger partial charge in [0.15, 0.2) is 0 Å². The Kier molecular flexibility index (Phi) is 11.9. The maximum Gasteiger partial charge on any atom is 0.208 e. The molecule has 0 spiro atoms. The van der Waals surface area contributed by atoms with E-state index < -0.39 is 0 Å². The van der Waals surface area contributed by atoms with Crippen LogP contribution in [0.25, 0.3) is 0 Å². The molecule has 0 aliphatic heterocycles. The van der Waals surface area contributed by atoms with E-state index in [2.05, 4.69) is 10.4 Å². The smallest absolute Gasteiger partial charge is 0.208 e. The van der Waals surface area contributed by atoms with Crippen molar-refractivity contribution in [2.24, 2.45) is 10.8 Å². The Morgan fingerprint density at radius 2 is 1.72 bits per heavy atom. The van der Waals surface area contributed by atoms with Gasteiger partial charge in [0, 0.05) is 41.0 Å². The molecule has 0 saturated carbocycles. The second kappa shape index (κ2) is 12.6. The predicted octanol–water partition coefficient (Wildman–Crippen LogP) is -0.563. The number of guanidine groups is 1. The van der Waals surface area contributed by atoms with Crippen LogP contribution in [0.15, 0.2) is 4.99 Å². The van der Waals surface area contributed by atoms with Gasteiger partial charge in [-0.15, -0.1) is 0 Å². The molecule has 0 bridgehead atoms. The SMILES string of the molecule is COCCCN(CCOC)C(=NCCOC)NN. The highest BCUT2D eigenvalue weighted by atomic mass is 16.5. The van der Waals surface area contributed by atoms with E-state index in [1.54, 1.807) is 21.3 Å². The molecule has 0 rings (SSSR count). The third kappa shape index (κ3) is 8.24. The standard InChI is InChI=1S/C11H26N4O3/c1-16-8-4-6-15(7-10-18-3)11(14-12)13-5-9-17-2/h4-10,12H2,1-3H3,(H,13,14). The van der Waals surface area contributed by atoms with Crippen LogP contribution < -0.4 is 11.3 Å². The monoisotopic (exact) mass is 262 g/mol. The zero-order chi connectivity index (χ0) is 13.6. The topological polar surface area (TPSA) is 81.3 Å². The highest BCUT2D eigenvalue weighted by Gasteiger charge is 2.09. The number of nitrogens with one attached hydrogen (secondary N) is 1. The number of hydrogen-bond acceptors (Lipinski definition) is 5. The first kappa shape index (κ1) is 17.1. The fraction of sp³-hybridized carbons (Fsp3) is 0.909. The van der Waals surface area contributed by atoms with Crippen molar-refractivity contribution >= 4 is 5.96 Å². The summed E-state index contributed by atoms with van der Waals surface area (Å²) in [6, 6.07) is 0. The van der Waals surface area contributed by atoms with Crippen molar-refractivity contribution in [1.82, 2.24) is 10.3 Å². The average Bonchev–Trinajstić information content (AvgIpc) is 2.39. The number of nitrogens with two attached hydrogens (primary N) is 1. The van der Waals surface area contributed by atoms with E-state index >= 15 is 0 Å².